The SMILES string of the molecule is C=NC(=O)COCC(N)CC(=O)OC(C)(C)C. The molecular formula is C11H20N2O4. The van der Waals surface area contributed by atoms with E-state index in [4.69, 9.17) is 15.2 Å². The summed E-state index contributed by atoms with van der Waals surface area (Å²) >= 11 is 0. The quantitative estimate of drug-likeness (QED) is 0.535. The van der Waals surface area contributed by atoms with Gasteiger partial charge >= 0.3 is 5.97 Å². The Hall–Kier alpha value is -1.27. The lowest BCUT2D eigenvalue weighted by atomic mass is 10.2. The number of hydrogen-bond acceptors (Lipinski definition) is 5. The number of ether oxygens (including phenoxy) is 2. The van der Waals surface area contributed by atoms with Gasteiger partial charge in [0.2, 0.25) is 0 Å². The number of carbonyl (C=O) groups excluding carboxylic acids is 2. The van der Waals surface area contributed by atoms with Gasteiger partial charge in [-0.2, -0.15) is 0 Å². The van der Waals surface area contributed by atoms with E-state index >= 15 is 0 Å². The lowest BCUT2D eigenvalue weighted by molar-refractivity contribution is -0.155. The van der Waals surface area contributed by atoms with Gasteiger partial charge in [-0.05, 0) is 27.5 Å². The number of aliphatic imine (C=N–C) groups is 1. The van der Waals surface area contributed by atoms with Crippen LogP contribution in [0.25, 0.3) is 0 Å². The number of esters is 1. The molecule has 0 rings (SSSR count). The van der Waals surface area contributed by atoms with Gasteiger partial charge in [-0.3, -0.25) is 9.59 Å². The zero-order chi connectivity index (χ0) is 13.5. The van der Waals surface area contributed by atoms with Crippen LogP contribution in [0.2, 0.25) is 0 Å². The van der Waals surface area contributed by atoms with E-state index in [1.165, 1.54) is 0 Å². The molecule has 0 aromatic rings. The minimum atomic E-state index is -0.527. The molecule has 0 spiro atoms. The second-order valence-electron chi connectivity index (χ2n) is 4.62. The molecule has 0 heterocycles. The number of rotatable bonds is 6. The first-order chi connectivity index (χ1) is 7.74. The maximum atomic E-state index is 11.4. The van der Waals surface area contributed by atoms with Gasteiger partial charge < -0.3 is 15.2 Å². The van der Waals surface area contributed by atoms with Crippen molar-refractivity contribution in [3.63, 3.8) is 0 Å². The van der Waals surface area contributed by atoms with Crippen LogP contribution < -0.4 is 5.73 Å². The summed E-state index contributed by atoms with van der Waals surface area (Å²) in [4.78, 5) is 25.2. The van der Waals surface area contributed by atoms with E-state index in [0.29, 0.717) is 0 Å². The van der Waals surface area contributed by atoms with Crippen molar-refractivity contribution in [2.24, 2.45) is 10.7 Å². The van der Waals surface area contributed by atoms with Crippen LogP contribution in [-0.2, 0) is 19.1 Å². The maximum Gasteiger partial charge on any atom is 0.307 e. The summed E-state index contributed by atoms with van der Waals surface area (Å²) in [5.41, 5.74) is 5.11. The van der Waals surface area contributed by atoms with Crippen molar-refractivity contribution in [2.75, 3.05) is 13.2 Å². The van der Waals surface area contributed by atoms with Gasteiger partial charge in [0.15, 0.2) is 0 Å². The Morgan fingerprint density at radius 1 is 1.41 bits per heavy atom. The standard InChI is InChI=1S/C11H20N2O4/c1-11(2,3)17-10(15)5-8(12)6-16-7-9(14)13-4/h8H,4-7,12H2,1-3H3. The Kier molecular flexibility index (Phi) is 6.60. The van der Waals surface area contributed by atoms with E-state index in [1.54, 1.807) is 20.8 Å². The zero-order valence-electron chi connectivity index (χ0n) is 10.6. The maximum absolute atomic E-state index is 11.4. The van der Waals surface area contributed by atoms with Crippen molar-refractivity contribution in [2.45, 2.75) is 38.8 Å². The van der Waals surface area contributed by atoms with Crippen molar-refractivity contribution in [3.8, 4) is 0 Å². The number of carbonyl (C=O) groups is 2. The Balaban J connectivity index is 3.79. The highest BCUT2D eigenvalue weighted by Gasteiger charge is 2.18. The highest BCUT2D eigenvalue weighted by molar-refractivity contribution is 5.81. The lowest BCUT2D eigenvalue weighted by Gasteiger charge is -2.20. The molecule has 0 aliphatic heterocycles. The first kappa shape index (κ1) is 15.7. The fourth-order valence-electron chi connectivity index (χ4n) is 0.999. The van der Waals surface area contributed by atoms with E-state index in [2.05, 4.69) is 11.7 Å². The third kappa shape index (κ3) is 9.65. The molecule has 1 unspecified atom stereocenters. The van der Waals surface area contributed by atoms with Crippen molar-refractivity contribution in [1.29, 1.82) is 0 Å². The summed E-state index contributed by atoms with van der Waals surface area (Å²) in [5, 5.41) is 0. The summed E-state index contributed by atoms with van der Waals surface area (Å²) in [6, 6.07) is -0.498. The Morgan fingerprint density at radius 2 is 2.00 bits per heavy atom. The van der Waals surface area contributed by atoms with Crippen LogP contribution in [0.4, 0.5) is 0 Å². The predicted octanol–water partition coefficient (Wildman–Crippen LogP) is 0.289. The number of nitrogens with two attached hydrogens (primary N) is 1. The molecule has 0 radical (unpaired) electrons. The fraction of sp³-hybridized carbons (Fsp3) is 0.727. The number of hydrogen-bond donors (Lipinski definition) is 1. The highest BCUT2D eigenvalue weighted by atomic mass is 16.6. The van der Waals surface area contributed by atoms with Gasteiger partial charge in [0.1, 0.15) is 12.2 Å². The van der Waals surface area contributed by atoms with E-state index in [1.807, 2.05) is 0 Å². The van der Waals surface area contributed by atoms with Crippen LogP contribution in [0.15, 0.2) is 4.99 Å². The second kappa shape index (κ2) is 7.13. The van der Waals surface area contributed by atoms with E-state index in [0.717, 1.165) is 0 Å². The Morgan fingerprint density at radius 3 is 2.47 bits per heavy atom. The van der Waals surface area contributed by atoms with Gasteiger partial charge in [-0.15, -0.1) is 0 Å². The van der Waals surface area contributed by atoms with Crippen molar-refractivity contribution < 1.29 is 19.1 Å². The molecule has 1 amide bonds. The zero-order valence-corrected chi connectivity index (χ0v) is 10.6. The molecule has 17 heavy (non-hydrogen) atoms. The van der Waals surface area contributed by atoms with Crippen LogP contribution >= 0.6 is 0 Å². The summed E-state index contributed by atoms with van der Waals surface area (Å²) in [5.74, 6) is -0.851. The smallest absolute Gasteiger partial charge is 0.307 e. The summed E-state index contributed by atoms with van der Waals surface area (Å²) in [6.45, 7) is 8.32. The molecule has 2 N–H and O–H groups in total. The summed E-state index contributed by atoms with van der Waals surface area (Å²) < 4.78 is 10.1. The third-order valence-electron chi connectivity index (χ3n) is 1.58. The van der Waals surface area contributed by atoms with Gasteiger partial charge in [-0.25, -0.2) is 4.99 Å². The summed E-state index contributed by atoms with van der Waals surface area (Å²) in [6.07, 6.45) is 0.0486. The summed E-state index contributed by atoms with van der Waals surface area (Å²) in [7, 11) is 0. The molecule has 0 aromatic heterocycles. The monoisotopic (exact) mass is 244 g/mol. The van der Waals surface area contributed by atoms with Gasteiger partial charge in [0.25, 0.3) is 5.91 Å². The van der Waals surface area contributed by atoms with E-state index in [9.17, 15) is 9.59 Å². The molecule has 0 bridgehead atoms. The average Bonchev–Trinajstić information content (AvgIpc) is 2.13. The molecule has 1 atom stereocenters. The van der Waals surface area contributed by atoms with Crippen LogP contribution in [0.5, 0.6) is 0 Å². The largest absolute Gasteiger partial charge is 0.460 e. The molecule has 98 valence electrons. The molecule has 6 nitrogen and oxygen atoms in total. The first-order valence-electron chi connectivity index (χ1n) is 5.29. The van der Waals surface area contributed by atoms with Gasteiger partial charge in [-0.1, -0.05) is 0 Å². The highest BCUT2D eigenvalue weighted by Crippen LogP contribution is 2.08. The average molecular weight is 244 g/mol. The lowest BCUT2D eigenvalue weighted by Crippen LogP contribution is -2.33. The normalized spacial score (nSPS) is 12.9. The minimum Gasteiger partial charge on any atom is -0.460 e. The molecule has 0 aliphatic carbocycles. The second-order valence-corrected chi connectivity index (χ2v) is 4.62. The predicted molar refractivity (Wildman–Crippen MR) is 63.8 cm³/mol. The minimum absolute atomic E-state index is 0.0486. The van der Waals surface area contributed by atoms with Crippen molar-refractivity contribution in [1.82, 2.24) is 0 Å². The fourth-order valence-corrected chi connectivity index (χ4v) is 0.999. The third-order valence-corrected chi connectivity index (χ3v) is 1.58. The molecule has 0 fully saturated rings. The molecule has 0 aromatic carbocycles. The van der Waals surface area contributed by atoms with Crippen LogP contribution in [-0.4, -0.2) is 43.5 Å². The van der Waals surface area contributed by atoms with Gasteiger partial charge in [0, 0.05) is 6.04 Å². The van der Waals surface area contributed by atoms with Crippen molar-refractivity contribution >= 4 is 18.6 Å². The Labute approximate surface area is 101 Å². The van der Waals surface area contributed by atoms with Crippen LogP contribution in [0.3, 0.4) is 0 Å². The number of amides is 1. The van der Waals surface area contributed by atoms with Crippen molar-refractivity contribution in [3.05, 3.63) is 0 Å². The number of nitrogens with zero attached hydrogens (tertiary/aromatic N) is 1. The first-order valence-corrected chi connectivity index (χ1v) is 5.29. The molecule has 0 saturated carbocycles. The van der Waals surface area contributed by atoms with Crippen LogP contribution in [0, 0.1) is 0 Å². The van der Waals surface area contributed by atoms with Gasteiger partial charge in [0.05, 0.1) is 13.0 Å². The van der Waals surface area contributed by atoms with E-state index in [-0.39, 0.29) is 25.6 Å². The topological polar surface area (TPSA) is 91.0 Å². The molecule has 0 aliphatic rings. The Bertz CT molecular complexity index is 284. The van der Waals surface area contributed by atoms with Crippen LogP contribution in [0.1, 0.15) is 27.2 Å². The molecule has 6 heteroatoms. The molecule has 0 saturated heterocycles. The van der Waals surface area contributed by atoms with E-state index < -0.39 is 17.6 Å². The molecular weight excluding hydrogens is 224 g/mol.